The number of aliphatic hydroxyl groups is 1. The SMILES string of the molecule is C[C@@H](O[Si](C)(C)C(C)(C)C)[C@H]1C(=O)N[C@@H]1n1cc(CO)nn1. The maximum Gasteiger partial charge on any atom is 0.231 e. The zero-order valence-corrected chi connectivity index (χ0v) is 15.1. The molecule has 1 aliphatic heterocycles. The summed E-state index contributed by atoms with van der Waals surface area (Å²) in [6, 6.07) is 0. The van der Waals surface area contributed by atoms with Gasteiger partial charge < -0.3 is 14.8 Å². The van der Waals surface area contributed by atoms with Gasteiger partial charge in [0.2, 0.25) is 5.91 Å². The molecule has 0 aromatic carbocycles. The summed E-state index contributed by atoms with van der Waals surface area (Å²) in [6.45, 7) is 12.7. The molecular weight excluding hydrogens is 300 g/mol. The number of carbonyl (C=O) groups excluding carboxylic acids is 1. The van der Waals surface area contributed by atoms with Crippen LogP contribution in [0.1, 0.15) is 39.6 Å². The first-order chi connectivity index (χ1) is 10.1. The van der Waals surface area contributed by atoms with Crippen molar-refractivity contribution in [1.82, 2.24) is 20.3 Å². The van der Waals surface area contributed by atoms with Crippen LogP contribution in [0.3, 0.4) is 0 Å². The van der Waals surface area contributed by atoms with E-state index in [1.807, 2.05) is 6.92 Å². The molecule has 0 aliphatic carbocycles. The third-order valence-corrected chi connectivity index (χ3v) is 9.30. The molecule has 22 heavy (non-hydrogen) atoms. The lowest BCUT2D eigenvalue weighted by molar-refractivity contribution is -0.144. The van der Waals surface area contributed by atoms with Gasteiger partial charge in [-0.2, -0.15) is 0 Å². The van der Waals surface area contributed by atoms with Crippen LogP contribution < -0.4 is 5.32 Å². The molecule has 1 aromatic heterocycles. The Morgan fingerprint density at radius 2 is 2.14 bits per heavy atom. The van der Waals surface area contributed by atoms with Crippen molar-refractivity contribution in [3.05, 3.63) is 11.9 Å². The lowest BCUT2D eigenvalue weighted by Crippen LogP contribution is -2.60. The Morgan fingerprint density at radius 1 is 1.50 bits per heavy atom. The highest BCUT2D eigenvalue weighted by molar-refractivity contribution is 6.74. The second-order valence-corrected chi connectivity index (χ2v) is 12.2. The van der Waals surface area contributed by atoms with Crippen LogP contribution in [0.2, 0.25) is 18.1 Å². The van der Waals surface area contributed by atoms with Gasteiger partial charge in [-0.1, -0.05) is 26.0 Å². The molecule has 1 saturated heterocycles. The summed E-state index contributed by atoms with van der Waals surface area (Å²) in [4.78, 5) is 12.0. The van der Waals surface area contributed by atoms with Gasteiger partial charge >= 0.3 is 0 Å². The summed E-state index contributed by atoms with van der Waals surface area (Å²) >= 11 is 0. The van der Waals surface area contributed by atoms with Gasteiger partial charge in [-0.15, -0.1) is 5.10 Å². The van der Waals surface area contributed by atoms with Crippen molar-refractivity contribution in [2.24, 2.45) is 5.92 Å². The van der Waals surface area contributed by atoms with Crippen LogP contribution in [0, 0.1) is 5.92 Å². The van der Waals surface area contributed by atoms with Crippen molar-refractivity contribution < 1.29 is 14.3 Å². The molecule has 0 radical (unpaired) electrons. The standard InChI is InChI=1S/C14H26N4O3Si/c1-9(21-22(5,6)14(2,3)4)11-12(15-13(11)20)18-7-10(8-19)16-17-18/h7,9,11-12,19H,8H2,1-6H3,(H,15,20)/t9-,11-,12-/m1/s1. The van der Waals surface area contributed by atoms with Crippen LogP contribution in [0.5, 0.6) is 0 Å². The largest absolute Gasteiger partial charge is 0.413 e. The van der Waals surface area contributed by atoms with Gasteiger partial charge in [-0.25, -0.2) is 4.68 Å². The highest BCUT2D eigenvalue weighted by Gasteiger charge is 2.48. The number of rotatable bonds is 5. The Hall–Kier alpha value is -1.25. The zero-order valence-electron chi connectivity index (χ0n) is 14.1. The minimum Gasteiger partial charge on any atom is -0.413 e. The van der Waals surface area contributed by atoms with Gasteiger partial charge in [-0.3, -0.25) is 4.79 Å². The molecular formula is C14H26N4O3Si. The predicted molar refractivity (Wildman–Crippen MR) is 84.4 cm³/mol. The molecule has 124 valence electrons. The first-order valence-electron chi connectivity index (χ1n) is 7.56. The van der Waals surface area contributed by atoms with Crippen molar-refractivity contribution in [2.45, 2.75) is 64.7 Å². The van der Waals surface area contributed by atoms with Crippen LogP contribution in [0.25, 0.3) is 0 Å². The third kappa shape index (κ3) is 3.09. The van der Waals surface area contributed by atoms with E-state index in [1.54, 1.807) is 10.9 Å². The van der Waals surface area contributed by atoms with Gasteiger partial charge in [0.1, 0.15) is 17.8 Å². The Labute approximate surface area is 132 Å². The summed E-state index contributed by atoms with van der Waals surface area (Å²) in [5.41, 5.74) is 0.484. The van der Waals surface area contributed by atoms with E-state index in [9.17, 15) is 4.79 Å². The fraction of sp³-hybridized carbons (Fsp3) is 0.786. The monoisotopic (exact) mass is 326 g/mol. The smallest absolute Gasteiger partial charge is 0.231 e. The van der Waals surface area contributed by atoms with Gasteiger partial charge in [0.15, 0.2) is 8.32 Å². The first-order valence-corrected chi connectivity index (χ1v) is 10.5. The van der Waals surface area contributed by atoms with E-state index in [4.69, 9.17) is 9.53 Å². The summed E-state index contributed by atoms with van der Waals surface area (Å²) in [7, 11) is -1.94. The molecule has 8 heteroatoms. The lowest BCUT2D eigenvalue weighted by Gasteiger charge is -2.45. The van der Waals surface area contributed by atoms with Crippen LogP contribution >= 0.6 is 0 Å². The average Bonchev–Trinajstić information content (AvgIpc) is 2.81. The number of hydrogen-bond donors (Lipinski definition) is 2. The maximum atomic E-state index is 12.0. The van der Waals surface area contributed by atoms with E-state index in [2.05, 4.69) is 49.5 Å². The number of amides is 1. The fourth-order valence-corrected chi connectivity index (χ4v) is 3.75. The molecule has 1 fully saturated rings. The van der Waals surface area contributed by atoms with E-state index in [0.717, 1.165) is 0 Å². The quantitative estimate of drug-likeness (QED) is 0.631. The first kappa shape index (κ1) is 17.1. The summed E-state index contributed by atoms with van der Waals surface area (Å²) in [5, 5.41) is 19.8. The van der Waals surface area contributed by atoms with Crippen molar-refractivity contribution in [3.8, 4) is 0 Å². The Balaban J connectivity index is 2.11. The van der Waals surface area contributed by atoms with Crippen molar-refractivity contribution in [1.29, 1.82) is 0 Å². The molecule has 0 saturated carbocycles. The molecule has 2 rings (SSSR count). The molecule has 0 spiro atoms. The van der Waals surface area contributed by atoms with E-state index >= 15 is 0 Å². The summed E-state index contributed by atoms with van der Waals surface area (Å²) in [5.74, 6) is -0.320. The molecule has 3 atom stereocenters. The van der Waals surface area contributed by atoms with E-state index in [1.165, 1.54) is 0 Å². The number of β-lactam (4-membered cyclic amide) rings is 1. The van der Waals surface area contributed by atoms with Crippen LogP contribution in [-0.2, 0) is 15.8 Å². The average molecular weight is 326 g/mol. The minimum absolute atomic E-state index is 0.0303. The fourth-order valence-electron chi connectivity index (χ4n) is 2.32. The van der Waals surface area contributed by atoms with Crippen molar-refractivity contribution in [2.75, 3.05) is 0 Å². The zero-order chi connectivity index (χ0) is 16.7. The topological polar surface area (TPSA) is 89.3 Å². The predicted octanol–water partition coefficient (Wildman–Crippen LogP) is 1.43. The van der Waals surface area contributed by atoms with Gasteiger partial charge in [-0.05, 0) is 25.1 Å². The molecule has 7 nitrogen and oxygen atoms in total. The van der Waals surface area contributed by atoms with Crippen molar-refractivity contribution in [3.63, 3.8) is 0 Å². The third-order valence-electron chi connectivity index (χ3n) is 4.73. The number of hydrogen-bond acceptors (Lipinski definition) is 5. The molecule has 2 N–H and O–H groups in total. The number of aromatic nitrogens is 3. The Kier molecular flexibility index (Phi) is 4.47. The van der Waals surface area contributed by atoms with Crippen LogP contribution in [0.4, 0.5) is 0 Å². The Bertz CT molecular complexity index is 553. The molecule has 0 unspecified atom stereocenters. The van der Waals surface area contributed by atoms with Gasteiger partial charge in [0, 0.05) is 0 Å². The van der Waals surface area contributed by atoms with E-state index in [-0.39, 0.29) is 35.7 Å². The highest BCUT2D eigenvalue weighted by atomic mass is 28.4. The molecule has 1 aromatic rings. The second-order valence-electron chi connectivity index (χ2n) is 7.41. The molecule has 1 amide bonds. The minimum atomic E-state index is -1.94. The number of nitrogens with one attached hydrogen (secondary N) is 1. The number of carbonyl (C=O) groups is 1. The maximum absolute atomic E-state index is 12.0. The van der Waals surface area contributed by atoms with Crippen molar-refractivity contribution >= 4 is 14.2 Å². The second kappa shape index (κ2) is 5.75. The van der Waals surface area contributed by atoms with Crippen LogP contribution in [-0.4, -0.2) is 40.4 Å². The van der Waals surface area contributed by atoms with Gasteiger partial charge in [0.05, 0.1) is 18.9 Å². The Morgan fingerprint density at radius 3 is 2.59 bits per heavy atom. The van der Waals surface area contributed by atoms with Gasteiger partial charge in [0.25, 0.3) is 0 Å². The molecule has 1 aliphatic rings. The summed E-state index contributed by atoms with van der Waals surface area (Å²) in [6.07, 6.45) is 1.19. The summed E-state index contributed by atoms with van der Waals surface area (Å²) < 4.78 is 7.92. The number of aliphatic hydroxyl groups excluding tert-OH is 1. The van der Waals surface area contributed by atoms with E-state index < -0.39 is 8.32 Å². The molecule has 0 bridgehead atoms. The van der Waals surface area contributed by atoms with Crippen LogP contribution in [0.15, 0.2) is 6.20 Å². The molecule has 2 heterocycles. The normalized spacial score (nSPS) is 23.9. The van der Waals surface area contributed by atoms with E-state index in [0.29, 0.717) is 5.69 Å². The number of nitrogens with zero attached hydrogens (tertiary/aromatic N) is 3. The lowest BCUT2D eigenvalue weighted by atomic mass is 9.92. The highest BCUT2D eigenvalue weighted by Crippen LogP contribution is 2.40.